The van der Waals surface area contributed by atoms with E-state index in [4.69, 9.17) is 0 Å². The molecule has 0 saturated carbocycles. The molecule has 0 saturated heterocycles. The van der Waals surface area contributed by atoms with Crippen LogP contribution in [0, 0.1) is 11.8 Å². The van der Waals surface area contributed by atoms with Crippen LogP contribution in [0.25, 0.3) is 0 Å². The average Bonchev–Trinajstić information content (AvgIpc) is 2.14. The molecule has 0 aromatic rings. The fourth-order valence-electron chi connectivity index (χ4n) is 1.20. The van der Waals surface area contributed by atoms with Crippen molar-refractivity contribution < 1.29 is 8.42 Å². The number of hydrogen-bond acceptors (Lipinski definition) is 3. The lowest BCUT2D eigenvalue weighted by molar-refractivity contribution is 0.436. The summed E-state index contributed by atoms with van der Waals surface area (Å²) < 4.78 is 23.3. The molecule has 0 heterocycles. The van der Waals surface area contributed by atoms with E-state index in [1.165, 1.54) is 0 Å². The first-order chi connectivity index (χ1) is 7.24. The molecule has 0 rings (SSSR count). The Kier molecular flexibility index (Phi) is 7.24. The zero-order valence-electron chi connectivity index (χ0n) is 11.3. The first kappa shape index (κ1) is 15.9. The van der Waals surface area contributed by atoms with Gasteiger partial charge in [0.15, 0.2) is 9.84 Å². The molecule has 98 valence electrons. The van der Waals surface area contributed by atoms with E-state index in [0.29, 0.717) is 30.2 Å². The summed E-state index contributed by atoms with van der Waals surface area (Å²) in [7, 11) is -2.86. The van der Waals surface area contributed by atoms with Gasteiger partial charge in [0.25, 0.3) is 0 Å². The molecule has 0 bridgehead atoms. The van der Waals surface area contributed by atoms with Gasteiger partial charge in [0.2, 0.25) is 0 Å². The molecule has 0 spiro atoms. The Labute approximate surface area is 101 Å². The van der Waals surface area contributed by atoms with Crippen LogP contribution >= 0.6 is 0 Å². The van der Waals surface area contributed by atoms with Crippen LogP contribution in [0.5, 0.6) is 0 Å². The summed E-state index contributed by atoms with van der Waals surface area (Å²) in [5, 5.41) is 3.25. The van der Waals surface area contributed by atoms with E-state index in [0.717, 1.165) is 6.42 Å². The fourth-order valence-corrected chi connectivity index (χ4v) is 2.66. The average molecular weight is 249 g/mol. The third-order valence-corrected chi connectivity index (χ3v) is 4.57. The summed E-state index contributed by atoms with van der Waals surface area (Å²) in [6, 6.07) is 0.375. The molecule has 4 heteroatoms. The maximum atomic E-state index is 11.6. The third kappa shape index (κ3) is 8.11. The summed E-state index contributed by atoms with van der Waals surface area (Å²) in [6.07, 6.45) is 0.766. The van der Waals surface area contributed by atoms with Crippen molar-refractivity contribution in [2.24, 2.45) is 11.8 Å². The van der Waals surface area contributed by atoms with Crippen molar-refractivity contribution in [2.45, 2.75) is 47.1 Å². The first-order valence-electron chi connectivity index (χ1n) is 6.18. The molecule has 0 fully saturated rings. The molecule has 16 heavy (non-hydrogen) atoms. The van der Waals surface area contributed by atoms with Gasteiger partial charge >= 0.3 is 0 Å². The Hall–Kier alpha value is -0.0900. The van der Waals surface area contributed by atoms with Crippen molar-refractivity contribution in [3.63, 3.8) is 0 Å². The first-order valence-corrected chi connectivity index (χ1v) is 8.00. The largest absolute Gasteiger partial charge is 0.313 e. The van der Waals surface area contributed by atoms with Crippen LogP contribution in [-0.2, 0) is 9.84 Å². The second kappa shape index (κ2) is 7.28. The van der Waals surface area contributed by atoms with Gasteiger partial charge in [0.05, 0.1) is 11.5 Å². The van der Waals surface area contributed by atoms with E-state index in [1.807, 2.05) is 0 Å². The number of sulfone groups is 1. The highest BCUT2D eigenvalue weighted by molar-refractivity contribution is 7.91. The van der Waals surface area contributed by atoms with Gasteiger partial charge in [-0.3, -0.25) is 0 Å². The van der Waals surface area contributed by atoms with E-state index >= 15 is 0 Å². The topological polar surface area (TPSA) is 46.2 Å². The standard InChI is InChI=1S/C12H27NO2S/c1-10(2)6-8-16(14,15)9-7-13-12(5)11(3)4/h10-13H,6-9H2,1-5H3. The summed E-state index contributed by atoms with van der Waals surface area (Å²) >= 11 is 0. The van der Waals surface area contributed by atoms with Crippen LogP contribution in [0.4, 0.5) is 0 Å². The van der Waals surface area contributed by atoms with Gasteiger partial charge < -0.3 is 5.32 Å². The third-order valence-electron chi connectivity index (χ3n) is 2.89. The minimum Gasteiger partial charge on any atom is -0.313 e. The molecule has 0 radical (unpaired) electrons. The molecule has 0 aromatic heterocycles. The molecule has 1 N–H and O–H groups in total. The molecule has 0 amide bonds. The van der Waals surface area contributed by atoms with Gasteiger partial charge in [-0.25, -0.2) is 8.42 Å². The van der Waals surface area contributed by atoms with Gasteiger partial charge in [-0.15, -0.1) is 0 Å². The fraction of sp³-hybridized carbons (Fsp3) is 1.00. The van der Waals surface area contributed by atoms with E-state index in [9.17, 15) is 8.42 Å². The van der Waals surface area contributed by atoms with Crippen LogP contribution in [0.15, 0.2) is 0 Å². The predicted molar refractivity (Wildman–Crippen MR) is 70.4 cm³/mol. The van der Waals surface area contributed by atoms with Crippen molar-refractivity contribution in [1.82, 2.24) is 5.32 Å². The molecular weight excluding hydrogens is 222 g/mol. The second-order valence-corrected chi connectivity index (χ2v) is 7.62. The minimum absolute atomic E-state index is 0.261. The van der Waals surface area contributed by atoms with Crippen LogP contribution in [-0.4, -0.2) is 32.5 Å². The highest BCUT2D eigenvalue weighted by Crippen LogP contribution is 2.04. The van der Waals surface area contributed by atoms with E-state index in [1.54, 1.807) is 0 Å². The Morgan fingerprint density at radius 3 is 2.00 bits per heavy atom. The molecule has 0 aromatic carbocycles. The maximum absolute atomic E-state index is 11.6. The lowest BCUT2D eigenvalue weighted by Gasteiger charge is -2.17. The SMILES string of the molecule is CC(C)CCS(=O)(=O)CCNC(C)C(C)C. The second-order valence-electron chi connectivity index (χ2n) is 5.32. The molecule has 1 unspecified atom stereocenters. The van der Waals surface area contributed by atoms with Crippen molar-refractivity contribution >= 4 is 9.84 Å². The molecule has 3 nitrogen and oxygen atoms in total. The minimum atomic E-state index is -2.86. The van der Waals surface area contributed by atoms with Gasteiger partial charge in [0, 0.05) is 12.6 Å². The van der Waals surface area contributed by atoms with E-state index in [2.05, 4.69) is 39.9 Å². The van der Waals surface area contributed by atoms with Crippen LogP contribution in [0.3, 0.4) is 0 Å². The van der Waals surface area contributed by atoms with E-state index < -0.39 is 9.84 Å². The van der Waals surface area contributed by atoms with Gasteiger partial charge in [-0.2, -0.15) is 0 Å². The van der Waals surface area contributed by atoms with Crippen molar-refractivity contribution in [3.05, 3.63) is 0 Å². The Bertz CT molecular complexity index is 271. The quantitative estimate of drug-likeness (QED) is 0.716. The number of rotatable bonds is 8. The highest BCUT2D eigenvalue weighted by atomic mass is 32.2. The summed E-state index contributed by atoms with van der Waals surface area (Å²) in [4.78, 5) is 0. The van der Waals surface area contributed by atoms with E-state index in [-0.39, 0.29) is 5.75 Å². The van der Waals surface area contributed by atoms with Crippen LogP contribution in [0.1, 0.15) is 41.0 Å². The normalized spacial score (nSPS) is 14.7. The predicted octanol–water partition coefficient (Wildman–Crippen LogP) is 2.08. The Morgan fingerprint density at radius 2 is 1.56 bits per heavy atom. The zero-order chi connectivity index (χ0) is 12.8. The summed E-state index contributed by atoms with van der Waals surface area (Å²) in [5.74, 6) is 1.58. The lowest BCUT2D eigenvalue weighted by atomic mass is 10.1. The molecule has 1 atom stereocenters. The lowest BCUT2D eigenvalue weighted by Crippen LogP contribution is -2.35. The zero-order valence-corrected chi connectivity index (χ0v) is 12.1. The van der Waals surface area contributed by atoms with Gasteiger partial charge in [-0.1, -0.05) is 27.7 Å². The summed E-state index contributed by atoms with van der Waals surface area (Å²) in [5.41, 5.74) is 0. The number of hydrogen-bond donors (Lipinski definition) is 1. The maximum Gasteiger partial charge on any atom is 0.151 e. The smallest absolute Gasteiger partial charge is 0.151 e. The van der Waals surface area contributed by atoms with Crippen molar-refractivity contribution in [3.8, 4) is 0 Å². The van der Waals surface area contributed by atoms with Crippen molar-refractivity contribution in [2.75, 3.05) is 18.1 Å². The van der Waals surface area contributed by atoms with Gasteiger partial charge in [-0.05, 0) is 25.2 Å². The highest BCUT2D eigenvalue weighted by Gasteiger charge is 2.13. The Morgan fingerprint density at radius 1 is 1.00 bits per heavy atom. The van der Waals surface area contributed by atoms with Crippen LogP contribution < -0.4 is 5.32 Å². The monoisotopic (exact) mass is 249 g/mol. The molecular formula is C12H27NO2S. The van der Waals surface area contributed by atoms with Crippen molar-refractivity contribution in [1.29, 1.82) is 0 Å². The molecule has 0 aliphatic heterocycles. The Balaban J connectivity index is 3.83. The van der Waals surface area contributed by atoms with Crippen LogP contribution in [0.2, 0.25) is 0 Å². The molecule has 0 aliphatic rings. The summed E-state index contributed by atoms with van der Waals surface area (Å²) in [6.45, 7) is 11.0. The van der Waals surface area contributed by atoms with Gasteiger partial charge in [0.1, 0.15) is 0 Å². The molecule has 0 aliphatic carbocycles. The number of nitrogens with one attached hydrogen (secondary N) is 1.